The van der Waals surface area contributed by atoms with Crippen molar-refractivity contribution in [3.8, 4) is 0 Å². The van der Waals surface area contributed by atoms with Crippen LogP contribution in [0, 0.1) is 17.0 Å². The molecule has 0 bridgehead atoms. The predicted octanol–water partition coefficient (Wildman–Crippen LogP) is 3.35. The SMILES string of the molecule is CCCCn1nc(C)c(C(=O)OCC(=O)Nc2ccc([N+](=O)[O-])cc2)c1Cl. The Labute approximate surface area is 160 Å². The van der Waals surface area contributed by atoms with Crippen molar-refractivity contribution in [1.29, 1.82) is 0 Å². The van der Waals surface area contributed by atoms with Gasteiger partial charge in [0.1, 0.15) is 10.7 Å². The van der Waals surface area contributed by atoms with E-state index in [1.165, 1.54) is 28.9 Å². The number of benzene rings is 1. The highest BCUT2D eigenvalue weighted by atomic mass is 35.5. The lowest BCUT2D eigenvalue weighted by molar-refractivity contribution is -0.384. The van der Waals surface area contributed by atoms with Crippen molar-refractivity contribution in [2.45, 2.75) is 33.2 Å². The molecule has 1 amide bonds. The van der Waals surface area contributed by atoms with Gasteiger partial charge in [-0.15, -0.1) is 0 Å². The van der Waals surface area contributed by atoms with E-state index in [1.807, 2.05) is 6.92 Å². The molecule has 0 spiro atoms. The summed E-state index contributed by atoms with van der Waals surface area (Å²) in [7, 11) is 0. The van der Waals surface area contributed by atoms with Gasteiger partial charge in [0.25, 0.3) is 11.6 Å². The maximum atomic E-state index is 12.2. The normalized spacial score (nSPS) is 10.5. The molecule has 0 saturated carbocycles. The van der Waals surface area contributed by atoms with Crippen molar-refractivity contribution < 1.29 is 19.2 Å². The number of aromatic nitrogens is 2. The minimum absolute atomic E-state index is 0.0929. The molecule has 9 nitrogen and oxygen atoms in total. The molecule has 1 aromatic heterocycles. The van der Waals surface area contributed by atoms with Crippen molar-refractivity contribution in [1.82, 2.24) is 9.78 Å². The van der Waals surface area contributed by atoms with Gasteiger partial charge < -0.3 is 10.1 Å². The van der Waals surface area contributed by atoms with Gasteiger partial charge in [0.2, 0.25) is 0 Å². The lowest BCUT2D eigenvalue weighted by Gasteiger charge is -2.07. The summed E-state index contributed by atoms with van der Waals surface area (Å²) in [4.78, 5) is 34.2. The second kappa shape index (κ2) is 9.13. The van der Waals surface area contributed by atoms with Crippen LogP contribution in [-0.2, 0) is 16.1 Å². The first-order valence-electron chi connectivity index (χ1n) is 8.27. The fourth-order valence-corrected chi connectivity index (χ4v) is 2.64. The van der Waals surface area contributed by atoms with E-state index < -0.39 is 23.4 Å². The zero-order valence-corrected chi connectivity index (χ0v) is 15.7. The molecule has 27 heavy (non-hydrogen) atoms. The molecule has 0 unspecified atom stereocenters. The second-order valence-corrected chi connectivity index (χ2v) is 6.11. The van der Waals surface area contributed by atoms with Crippen LogP contribution >= 0.6 is 11.6 Å². The van der Waals surface area contributed by atoms with Gasteiger partial charge in [-0.3, -0.25) is 19.6 Å². The summed E-state index contributed by atoms with van der Waals surface area (Å²) < 4.78 is 6.54. The van der Waals surface area contributed by atoms with Crippen molar-refractivity contribution in [3.05, 3.63) is 50.8 Å². The third-order valence-corrected chi connectivity index (χ3v) is 4.07. The minimum Gasteiger partial charge on any atom is -0.452 e. The molecule has 1 aromatic carbocycles. The molecule has 10 heteroatoms. The number of aryl methyl sites for hydroxylation is 2. The number of nitrogens with one attached hydrogen (secondary N) is 1. The summed E-state index contributed by atoms with van der Waals surface area (Å²) in [5, 5.41) is 17.5. The van der Waals surface area contributed by atoms with E-state index in [-0.39, 0.29) is 16.4 Å². The van der Waals surface area contributed by atoms with Crippen LogP contribution in [0.5, 0.6) is 0 Å². The van der Waals surface area contributed by atoms with E-state index in [2.05, 4.69) is 10.4 Å². The zero-order valence-electron chi connectivity index (χ0n) is 14.9. The molecule has 0 atom stereocenters. The number of halogens is 1. The van der Waals surface area contributed by atoms with Crippen LogP contribution in [0.4, 0.5) is 11.4 Å². The molecule has 1 heterocycles. The Bertz CT molecular complexity index is 848. The van der Waals surface area contributed by atoms with Crippen molar-refractivity contribution in [3.63, 3.8) is 0 Å². The van der Waals surface area contributed by atoms with Crippen LogP contribution in [-0.4, -0.2) is 33.2 Å². The number of nitro benzene ring substituents is 1. The van der Waals surface area contributed by atoms with Crippen LogP contribution in [0.3, 0.4) is 0 Å². The number of carbonyl (C=O) groups is 2. The monoisotopic (exact) mass is 394 g/mol. The molecule has 0 aliphatic heterocycles. The van der Waals surface area contributed by atoms with E-state index in [9.17, 15) is 19.7 Å². The van der Waals surface area contributed by atoms with Crippen molar-refractivity contribution >= 4 is 34.9 Å². The standard InChI is InChI=1S/C17H19ClN4O5/c1-3-4-9-21-16(18)15(11(2)20-21)17(24)27-10-14(23)19-12-5-7-13(8-6-12)22(25)26/h5-8H,3-4,9-10H2,1-2H3,(H,19,23). The molecule has 0 radical (unpaired) electrons. The number of anilines is 1. The van der Waals surface area contributed by atoms with E-state index in [1.54, 1.807) is 6.92 Å². The second-order valence-electron chi connectivity index (χ2n) is 5.76. The highest BCUT2D eigenvalue weighted by Crippen LogP contribution is 2.21. The van der Waals surface area contributed by atoms with E-state index in [4.69, 9.17) is 16.3 Å². The van der Waals surface area contributed by atoms with Gasteiger partial charge in [0, 0.05) is 24.4 Å². The Kier molecular flexibility index (Phi) is 6.89. The third kappa shape index (κ3) is 5.27. The average molecular weight is 395 g/mol. The fourth-order valence-electron chi connectivity index (χ4n) is 2.31. The van der Waals surface area contributed by atoms with E-state index >= 15 is 0 Å². The number of nitro groups is 1. The summed E-state index contributed by atoms with van der Waals surface area (Å²) in [6.07, 6.45) is 1.82. The fraction of sp³-hybridized carbons (Fsp3) is 0.353. The highest BCUT2D eigenvalue weighted by Gasteiger charge is 2.22. The smallest absolute Gasteiger partial charge is 0.343 e. The predicted molar refractivity (Wildman–Crippen MR) is 98.9 cm³/mol. The molecule has 144 valence electrons. The lowest BCUT2D eigenvalue weighted by Crippen LogP contribution is -2.21. The first-order valence-corrected chi connectivity index (χ1v) is 8.65. The number of unbranched alkanes of at least 4 members (excludes halogenated alkanes) is 1. The van der Waals surface area contributed by atoms with Crippen LogP contribution < -0.4 is 5.32 Å². The Morgan fingerprint density at radius 2 is 2.00 bits per heavy atom. The number of hydrogen-bond acceptors (Lipinski definition) is 6. The quantitative estimate of drug-likeness (QED) is 0.417. The number of nitrogens with zero attached hydrogens (tertiary/aromatic N) is 3. The number of non-ortho nitro benzene ring substituents is 1. The molecule has 0 fully saturated rings. The summed E-state index contributed by atoms with van der Waals surface area (Å²) in [5.74, 6) is -1.32. The molecular weight excluding hydrogens is 376 g/mol. The van der Waals surface area contributed by atoms with Gasteiger partial charge in [-0.2, -0.15) is 5.10 Å². The van der Waals surface area contributed by atoms with E-state index in [0.29, 0.717) is 17.9 Å². The van der Waals surface area contributed by atoms with Gasteiger partial charge in [-0.25, -0.2) is 4.79 Å². The maximum absolute atomic E-state index is 12.2. The van der Waals surface area contributed by atoms with Gasteiger partial charge in [-0.05, 0) is 25.5 Å². The lowest BCUT2D eigenvalue weighted by atomic mass is 10.2. The van der Waals surface area contributed by atoms with Crippen LogP contribution in [0.2, 0.25) is 5.15 Å². The first kappa shape index (κ1) is 20.4. The maximum Gasteiger partial charge on any atom is 0.343 e. The van der Waals surface area contributed by atoms with Crippen LogP contribution in [0.25, 0.3) is 0 Å². The summed E-state index contributed by atoms with van der Waals surface area (Å²) in [6.45, 7) is 3.74. The Morgan fingerprint density at radius 3 is 2.59 bits per heavy atom. The molecule has 0 aliphatic rings. The van der Waals surface area contributed by atoms with E-state index in [0.717, 1.165) is 12.8 Å². The topological polar surface area (TPSA) is 116 Å². The van der Waals surface area contributed by atoms with Crippen molar-refractivity contribution in [2.24, 2.45) is 0 Å². The summed E-state index contributed by atoms with van der Waals surface area (Å²) in [5.41, 5.74) is 0.820. The largest absolute Gasteiger partial charge is 0.452 e. The Hall–Kier alpha value is -2.94. The van der Waals surface area contributed by atoms with Gasteiger partial charge in [-0.1, -0.05) is 24.9 Å². The molecular formula is C17H19ClN4O5. The van der Waals surface area contributed by atoms with Gasteiger partial charge in [0.05, 0.1) is 10.6 Å². The molecule has 0 aliphatic carbocycles. The number of amides is 1. The highest BCUT2D eigenvalue weighted by molar-refractivity contribution is 6.32. The van der Waals surface area contributed by atoms with Crippen LogP contribution in [0.15, 0.2) is 24.3 Å². The number of esters is 1. The molecule has 1 N–H and O–H groups in total. The third-order valence-electron chi connectivity index (χ3n) is 3.69. The summed E-state index contributed by atoms with van der Waals surface area (Å²) >= 11 is 6.19. The Morgan fingerprint density at radius 1 is 1.33 bits per heavy atom. The minimum atomic E-state index is -0.737. The molecule has 2 rings (SSSR count). The van der Waals surface area contributed by atoms with Gasteiger partial charge in [0.15, 0.2) is 6.61 Å². The molecule has 2 aromatic rings. The number of carbonyl (C=O) groups excluding carboxylic acids is 2. The van der Waals surface area contributed by atoms with Gasteiger partial charge >= 0.3 is 5.97 Å². The first-order chi connectivity index (χ1) is 12.8. The van der Waals surface area contributed by atoms with Crippen LogP contribution in [0.1, 0.15) is 35.8 Å². The number of rotatable bonds is 8. The average Bonchev–Trinajstić information content (AvgIpc) is 2.92. The summed E-state index contributed by atoms with van der Waals surface area (Å²) in [6, 6.07) is 5.29. The van der Waals surface area contributed by atoms with Crippen molar-refractivity contribution in [2.75, 3.05) is 11.9 Å². The molecule has 0 saturated heterocycles. The number of ether oxygens (including phenoxy) is 1. The zero-order chi connectivity index (χ0) is 20.0. The Balaban J connectivity index is 1.94. The number of hydrogen-bond donors (Lipinski definition) is 1.